The molecule has 0 bridgehead atoms. The minimum absolute atomic E-state index is 0.394. The zero-order chi connectivity index (χ0) is 14.4. The Bertz CT molecular complexity index is 459. The summed E-state index contributed by atoms with van der Waals surface area (Å²) in [5, 5.41) is 8.92. The molecule has 2 rings (SSSR count). The second kappa shape index (κ2) is 7.12. The molecule has 20 heavy (non-hydrogen) atoms. The quantitative estimate of drug-likeness (QED) is 0.720. The average Bonchev–Trinajstić information content (AvgIpc) is 2.86. The van der Waals surface area contributed by atoms with E-state index in [0.29, 0.717) is 44.3 Å². The van der Waals surface area contributed by atoms with Crippen molar-refractivity contribution in [3.05, 3.63) is 23.8 Å². The Morgan fingerprint density at radius 3 is 2.90 bits per heavy atom. The van der Waals surface area contributed by atoms with Gasteiger partial charge in [0.1, 0.15) is 18.1 Å². The van der Waals surface area contributed by atoms with Gasteiger partial charge >= 0.3 is 5.97 Å². The van der Waals surface area contributed by atoms with Gasteiger partial charge in [-0.05, 0) is 11.6 Å². The molecule has 1 unspecified atom stereocenters. The number of benzene rings is 1. The van der Waals surface area contributed by atoms with Crippen LogP contribution in [0, 0.1) is 0 Å². The Balaban J connectivity index is 1.78. The van der Waals surface area contributed by atoms with Crippen LogP contribution in [0.1, 0.15) is 5.56 Å². The zero-order valence-electron chi connectivity index (χ0n) is 11.3. The lowest BCUT2D eigenvalue weighted by Crippen LogP contribution is -2.24. The number of fused-ring (bicyclic) bond motifs is 1. The van der Waals surface area contributed by atoms with Crippen LogP contribution >= 0.6 is 0 Å². The molecule has 0 saturated heterocycles. The molecular formula is C14H18O6. The zero-order valence-corrected chi connectivity index (χ0v) is 11.3. The maximum absolute atomic E-state index is 10.9. The summed E-state index contributed by atoms with van der Waals surface area (Å²) in [7, 11) is 1.62. The molecular weight excluding hydrogens is 264 g/mol. The molecule has 0 radical (unpaired) electrons. The number of hydrogen-bond donors (Lipinski definition) is 1. The lowest BCUT2D eigenvalue weighted by Gasteiger charge is -2.08. The number of carbonyl (C=O) groups is 1. The standard InChI is InChI=1S/C14H18O6/c1-17-4-5-18-6-7-19-11-3-2-10-8-13(14(15)16)20-12(10)9-11/h2-3,9,13H,4-8H2,1H3,(H,15,16). The summed E-state index contributed by atoms with van der Waals surface area (Å²) in [6, 6.07) is 5.36. The summed E-state index contributed by atoms with van der Waals surface area (Å²) >= 11 is 0. The van der Waals surface area contributed by atoms with Crippen molar-refractivity contribution in [2.45, 2.75) is 12.5 Å². The first-order chi connectivity index (χ1) is 9.70. The molecule has 1 aliphatic heterocycles. The summed E-state index contributed by atoms with van der Waals surface area (Å²) in [6.45, 7) is 1.99. The third kappa shape index (κ3) is 3.85. The molecule has 0 aliphatic carbocycles. The number of ether oxygens (including phenoxy) is 4. The molecule has 6 nitrogen and oxygen atoms in total. The van der Waals surface area contributed by atoms with Crippen molar-refractivity contribution >= 4 is 5.97 Å². The molecule has 0 spiro atoms. The Hall–Kier alpha value is -1.79. The van der Waals surface area contributed by atoms with Gasteiger partial charge in [-0.2, -0.15) is 0 Å². The number of hydrogen-bond acceptors (Lipinski definition) is 5. The molecule has 1 atom stereocenters. The second-order valence-corrected chi connectivity index (χ2v) is 4.37. The number of carboxylic acids is 1. The lowest BCUT2D eigenvalue weighted by molar-refractivity contribution is -0.144. The van der Waals surface area contributed by atoms with Gasteiger partial charge in [0, 0.05) is 19.6 Å². The number of carboxylic acid groups (broad SMARTS) is 1. The van der Waals surface area contributed by atoms with E-state index in [0.717, 1.165) is 5.56 Å². The molecule has 1 heterocycles. The first-order valence-electron chi connectivity index (χ1n) is 6.42. The predicted molar refractivity (Wildman–Crippen MR) is 70.4 cm³/mol. The van der Waals surface area contributed by atoms with Crippen molar-refractivity contribution in [2.24, 2.45) is 0 Å². The first-order valence-corrected chi connectivity index (χ1v) is 6.42. The van der Waals surface area contributed by atoms with E-state index in [1.807, 2.05) is 12.1 Å². The van der Waals surface area contributed by atoms with Gasteiger partial charge in [0.2, 0.25) is 0 Å². The van der Waals surface area contributed by atoms with E-state index >= 15 is 0 Å². The van der Waals surface area contributed by atoms with Crippen molar-refractivity contribution in [1.82, 2.24) is 0 Å². The average molecular weight is 282 g/mol. The van der Waals surface area contributed by atoms with Crippen molar-refractivity contribution < 1.29 is 28.8 Å². The summed E-state index contributed by atoms with van der Waals surface area (Å²) in [5.41, 5.74) is 0.890. The number of methoxy groups -OCH3 is 1. The highest BCUT2D eigenvalue weighted by molar-refractivity contribution is 5.74. The molecule has 1 aromatic carbocycles. The monoisotopic (exact) mass is 282 g/mol. The van der Waals surface area contributed by atoms with Gasteiger partial charge in [-0.3, -0.25) is 0 Å². The topological polar surface area (TPSA) is 74.2 Å². The second-order valence-electron chi connectivity index (χ2n) is 4.37. The molecule has 110 valence electrons. The molecule has 1 aliphatic rings. The van der Waals surface area contributed by atoms with Crippen molar-refractivity contribution in [3.8, 4) is 11.5 Å². The third-order valence-corrected chi connectivity index (χ3v) is 2.92. The number of rotatable bonds is 8. The van der Waals surface area contributed by atoms with Crippen LogP contribution < -0.4 is 9.47 Å². The van der Waals surface area contributed by atoms with Crippen molar-refractivity contribution in [2.75, 3.05) is 33.5 Å². The van der Waals surface area contributed by atoms with Gasteiger partial charge in [-0.15, -0.1) is 0 Å². The van der Waals surface area contributed by atoms with E-state index < -0.39 is 12.1 Å². The molecule has 1 N–H and O–H groups in total. The highest BCUT2D eigenvalue weighted by atomic mass is 16.5. The normalized spacial score (nSPS) is 16.6. The van der Waals surface area contributed by atoms with Gasteiger partial charge in [0.25, 0.3) is 0 Å². The summed E-state index contributed by atoms with van der Waals surface area (Å²) in [6.07, 6.45) is -0.400. The SMILES string of the molecule is COCCOCCOc1ccc2c(c1)OC(C(=O)O)C2. The summed E-state index contributed by atoms with van der Waals surface area (Å²) < 4.78 is 21.0. The smallest absolute Gasteiger partial charge is 0.345 e. The van der Waals surface area contributed by atoms with E-state index in [1.54, 1.807) is 13.2 Å². The van der Waals surface area contributed by atoms with Gasteiger partial charge in [-0.25, -0.2) is 4.79 Å². The van der Waals surface area contributed by atoms with Gasteiger partial charge in [0.15, 0.2) is 6.10 Å². The summed E-state index contributed by atoms with van der Waals surface area (Å²) in [5.74, 6) is 0.274. The molecule has 0 fully saturated rings. The van der Waals surface area contributed by atoms with Crippen LogP contribution in [0.3, 0.4) is 0 Å². The van der Waals surface area contributed by atoms with Gasteiger partial charge in [-0.1, -0.05) is 6.07 Å². The van der Waals surface area contributed by atoms with Crippen LogP contribution in [0.5, 0.6) is 11.5 Å². The van der Waals surface area contributed by atoms with E-state index in [-0.39, 0.29) is 0 Å². The largest absolute Gasteiger partial charge is 0.491 e. The fourth-order valence-electron chi connectivity index (χ4n) is 1.90. The molecule has 0 amide bonds. The van der Waals surface area contributed by atoms with Crippen molar-refractivity contribution in [3.63, 3.8) is 0 Å². The summed E-state index contributed by atoms with van der Waals surface area (Å²) in [4.78, 5) is 10.9. The van der Waals surface area contributed by atoms with Crippen LogP contribution in [0.4, 0.5) is 0 Å². The lowest BCUT2D eigenvalue weighted by atomic mass is 10.1. The maximum Gasteiger partial charge on any atom is 0.345 e. The molecule has 0 aromatic heterocycles. The molecule has 6 heteroatoms. The van der Waals surface area contributed by atoms with Crippen molar-refractivity contribution in [1.29, 1.82) is 0 Å². The molecule has 1 aromatic rings. The first kappa shape index (κ1) is 14.6. The van der Waals surface area contributed by atoms with E-state index in [1.165, 1.54) is 0 Å². The van der Waals surface area contributed by atoms with Crippen LogP contribution in [0.15, 0.2) is 18.2 Å². The van der Waals surface area contributed by atoms with Crippen LogP contribution in [0.2, 0.25) is 0 Å². The molecule has 0 saturated carbocycles. The minimum atomic E-state index is -0.949. The van der Waals surface area contributed by atoms with E-state index in [2.05, 4.69) is 0 Å². The Labute approximate surface area is 117 Å². The Kier molecular flexibility index (Phi) is 5.20. The van der Waals surface area contributed by atoms with E-state index in [9.17, 15) is 4.79 Å². The Morgan fingerprint density at radius 1 is 1.35 bits per heavy atom. The van der Waals surface area contributed by atoms with Gasteiger partial charge in [0.05, 0.1) is 19.8 Å². The maximum atomic E-state index is 10.9. The van der Waals surface area contributed by atoms with Gasteiger partial charge < -0.3 is 24.1 Å². The third-order valence-electron chi connectivity index (χ3n) is 2.92. The Morgan fingerprint density at radius 2 is 2.15 bits per heavy atom. The van der Waals surface area contributed by atoms with Crippen LogP contribution in [0.25, 0.3) is 0 Å². The van der Waals surface area contributed by atoms with Crippen LogP contribution in [-0.2, 0) is 20.7 Å². The fraction of sp³-hybridized carbons (Fsp3) is 0.500. The van der Waals surface area contributed by atoms with Crippen LogP contribution in [-0.4, -0.2) is 50.7 Å². The highest BCUT2D eigenvalue weighted by Crippen LogP contribution is 2.32. The fourth-order valence-corrected chi connectivity index (χ4v) is 1.90. The highest BCUT2D eigenvalue weighted by Gasteiger charge is 2.28. The predicted octanol–water partition coefficient (Wildman–Crippen LogP) is 1.12. The minimum Gasteiger partial charge on any atom is -0.491 e. The number of aliphatic carboxylic acids is 1. The van der Waals surface area contributed by atoms with E-state index in [4.69, 9.17) is 24.1 Å².